The molecule has 0 saturated heterocycles. The van der Waals surface area contributed by atoms with E-state index in [0.717, 1.165) is 18.3 Å². The first-order valence-electron chi connectivity index (χ1n) is 12.0. The number of ether oxygens (including phenoxy) is 2. The molecule has 0 amide bonds. The summed E-state index contributed by atoms with van der Waals surface area (Å²) in [6, 6.07) is 12.1. The Morgan fingerprint density at radius 2 is 1.75 bits per heavy atom. The van der Waals surface area contributed by atoms with E-state index in [9.17, 15) is 22.0 Å². The lowest BCUT2D eigenvalue weighted by molar-refractivity contribution is -0.274. The highest BCUT2D eigenvalue weighted by Gasteiger charge is 2.32. The minimum absolute atomic E-state index is 0.0202. The topological polar surface area (TPSA) is 87.0 Å². The molecule has 13 heteroatoms. The van der Waals surface area contributed by atoms with E-state index in [4.69, 9.17) is 4.74 Å². The molecule has 206 valence electrons. The number of nitrogens with one attached hydrogen (secondary N) is 1. The third-order valence-corrected chi connectivity index (χ3v) is 5.73. The average Bonchev–Trinajstić information content (AvgIpc) is 3.25. The lowest BCUT2D eigenvalue weighted by Crippen LogP contribution is -2.18. The summed E-state index contributed by atoms with van der Waals surface area (Å²) in [6.45, 7) is 3.43. The van der Waals surface area contributed by atoms with Crippen LogP contribution in [0.5, 0.6) is 11.5 Å². The second kappa shape index (κ2) is 10.8. The number of para-hydroxylation sites is 1. The molecule has 1 N–H and O–H groups in total. The summed E-state index contributed by atoms with van der Waals surface area (Å²) in [4.78, 5) is 12.6. The molecule has 40 heavy (non-hydrogen) atoms. The van der Waals surface area contributed by atoms with Gasteiger partial charge in [-0.05, 0) is 26.0 Å². The highest BCUT2D eigenvalue weighted by molar-refractivity contribution is 5.92. The zero-order valence-corrected chi connectivity index (χ0v) is 21.1. The highest BCUT2D eigenvalue weighted by atomic mass is 19.4. The monoisotopic (exact) mass is 556 g/mol. The third-order valence-electron chi connectivity index (χ3n) is 5.73. The van der Waals surface area contributed by atoms with Gasteiger partial charge in [0.05, 0.1) is 30.6 Å². The van der Waals surface area contributed by atoms with E-state index in [2.05, 4.69) is 30.1 Å². The average molecular weight is 556 g/mol. The number of fused-ring (bicyclic) bond motifs is 1. The number of aromatic nitrogens is 5. The minimum atomic E-state index is -4.92. The molecule has 8 nitrogen and oxygen atoms in total. The van der Waals surface area contributed by atoms with Crippen molar-refractivity contribution in [2.45, 2.75) is 26.8 Å². The molecule has 0 radical (unpaired) electrons. The van der Waals surface area contributed by atoms with Crippen molar-refractivity contribution in [3.8, 4) is 23.0 Å². The Morgan fingerprint density at radius 1 is 1.00 bits per heavy atom. The number of nitrogens with zero attached hydrogens (tertiary/aromatic N) is 5. The SMILES string of the molecule is CCOc1cc(F)c(Cn2nc(-c3nc(C)cc(Nc4ccncc4OC(F)(F)F)n3)c3ccccc32)c(F)c1. The number of pyridine rings is 1. The molecule has 2 aromatic carbocycles. The maximum Gasteiger partial charge on any atom is 0.573 e. The molecule has 0 aliphatic heterocycles. The Labute approximate surface area is 224 Å². The van der Waals surface area contributed by atoms with Crippen LogP contribution in [-0.4, -0.2) is 37.7 Å². The van der Waals surface area contributed by atoms with Crippen LogP contribution in [0.3, 0.4) is 0 Å². The Morgan fingerprint density at radius 3 is 2.48 bits per heavy atom. The van der Waals surface area contributed by atoms with Crippen LogP contribution in [-0.2, 0) is 6.54 Å². The second-order valence-corrected chi connectivity index (χ2v) is 8.58. The maximum absolute atomic E-state index is 14.8. The summed E-state index contributed by atoms with van der Waals surface area (Å²) < 4.78 is 78.9. The van der Waals surface area contributed by atoms with Gasteiger partial charge in [0, 0.05) is 41.0 Å². The molecule has 0 bridgehead atoms. The van der Waals surface area contributed by atoms with E-state index in [1.807, 2.05) is 0 Å². The van der Waals surface area contributed by atoms with Crippen molar-refractivity contribution < 1.29 is 31.4 Å². The van der Waals surface area contributed by atoms with Crippen molar-refractivity contribution in [3.63, 3.8) is 0 Å². The first kappa shape index (κ1) is 26.8. The zero-order valence-electron chi connectivity index (χ0n) is 21.1. The Kier molecular flexibility index (Phi) is 7.20. The summed E-state index contributed by atoms with van der Waals surface area (Å²) in [5, 5.41) is 7.98. The van der Waals surface area contributed by atoms with Crippen molar-refractivity contribution in [2.24, 2.45) is 0 Å². The Hall–Kier alpha value is -4.81. The fraction of sp³-hybridized carbons (Fsp3) is 0.185. The fourth-order valence-corrected chi connectivity index (χ4v) is 4.11. The van der Waals surface area contributed by atoms with Crippen LogP contribution >= 0.6 is 0 Å². The Balaban J connectivity index is 1.53. The van der Waals surface area contributed by atoms with E-state index >= 15 is 0 Å². The van der Waals surface area contributed by atoms with Crippen LogP contribution in [0.4, 0.5) is 33.5 Å². The summed E-state index contributed by atoms with van der Waals surface area (Å²) in [5.74, 6) is -1.70. The molecule has 0 aliphatic rings. The number of rotatable bonds is 8. The minimum Gasteiger partial charge on any atom is -0.494 e. The van der Waals surface area contributed by atoms with Crippen molar-refractivity contribution in [2.75, 3.05) is 11.9 Å². The first-order chi connectivity index (χ1) is 19.1. The molecule has 0 spiro atoms. The standard InChI is InChI=1S/C27H21F5N6O2/c1-3-39-16-11-19(28)18(20(29)12-16)14-38-22-7-5-4-6-17(22)25(37-38)26-34-15(2)10-24(36-26)35-21-8-9-33-13-23(21)40-27(30,31)32/h4-13H,3,14H2,1-2H3,(H,33,34,35,36). The summed E-state index contributed by atoms with van der Waals surface area (Å²) in [6.07, 6.45) is -2.69. The number of halogens is 5. The van der Waals surface area contributed by atoms with E-state index in [1.54, 1.807) is 38.1 Å². The molecule has 3 aromatic heterocycles. The molecule has 5 aromatic rings. The molecular formula is C27H21F5N6O2. The van der Waals surface area contributed by atoms with Crippen molar-refractivity contribution in [1.29, 1.82) is 0 Å². The van der Waals surface area contributed by atoms with Gasteiger partial charge in [-0.3, -0.25) is 9.67 Å². The molecule has 3 heterocycles. The van der Waals surface area contributed by atoms with Crippen LogP contribution in [0, 0.1) is 18.6 Å². The fourth-order valence-electron chi connectivity index (χ4n) is 4.11. The quantitative estimate of drug-likeness (QED) is 0.217. The first-order valence-corrected chi connectivity index (χ1v) is 12.0. The van der Waals surface area contributed by atoms with Gasteiger partial charge in [0.2, 0.25) is 0 Å². The van der Waals surface area contributed by atoms with Gasteiger partial charge >= 0.3 is 6.36 Å². The van der Waals surface area contributed by atoms with E-state index in [1.165, 1.54) is 23.0 Å². The van der Waals surface area contributed by atoms with E-state index < -0.39 is 23.7 Å². The van der Waals surface area contributed by atoms with Crippen LogP contribution in [0.25, 0.3) is 22.4 Å². The number of aryl methyl sites for hydroxylation is 1. The molecule has 0 saturated carbocycles. The van der Waals surface area contributed by atoms with Gasteiger partial charge in [0.25, 0.3) is 0 Å². The number of alkyl halides is 3. The molecule has 0 fully saturated rings. The van der Waals surface area contributed by atoms with E-state index in [-0.39, 0.29) is 41.8 Å². The predicted molar refractivity (Wildman–Crippen MR) is 136 cm³/mol. The summed E-state index contributed by atoms with van der Waals surface area (Å²) in [5.41, 5.74) is 1.15. The highest BCUT2D eigenvalue weighted by Crippen LogP contribution is 2.33. The van der Waals surface area contributed by atoms with Crippen LogP contribution in [0.1, 0.15) is 18.2 Å². The Bertz CT molecular complexity index is 1670. The van der Waals surface area contributed by atoms with Gasteiger partial charge < -0.3 is 14.8 Å². The van der Waals surface area contributed by atoms with Crippen LogP contribution in [0.15, 0.2) is 60.9 Å². The molecular weight excluding hydrogens is 535 g/mol. The smallest absolute Gasteiger partial charge is 0.494 e. The van der Waals surface area contributed by atoms with Crippen molar-refractivity contribution in [3.05, 3.63) is 83.8 Å². The van der Waals surface area contributed by atoms with Crippen LogP contribution < -0.4 is 14.8 Å². The van der Waals surface area contributed by atoms with Crippen molar-refractivity contribution >= 4 is 22.4 Å². The number of benzene rings is 2. The number of hydrogen-bond donors (Lipinski definition) is 1. The summed E-state index contributed by atoms with van der Waals surface area (Å²) >= 11 is 0. The van der Waals surface area contributed by atoms with Gasteiger partial charge in [-0.1, -0.05) is 18.2 Å². The van der Waals surface area contributed by atoms with E-state index in [0.29, 0.717) is 22.3 Å². The normalized spacial score (nSPS) is 11.6. The lowest BCUT2D eigenvalue weighted by Gasteiger charge is -2.14. The molecule has 0 unspecified atom stereocenters. The third kappa shape index (κ3) is 5.77. The van der Waals surface area contributed by atoms with Gasteiger partial charge in [0.15, 0.2) is 11.6 Å². The van der Waals surface area contributed by atoms with Crippen molar-refractivity contribution in [1.82, 2.24) is 24.7 Å². The predicted octanol–water partition coefficient (Wildman–Crippen LogP) is 6.56. The molecule has 0 atom stereocenters. The van der Waals surface area contributed by atoms with Gasteiger partial charge in [-0.2, -0.15) is 5.10 Å². The van der Waals surface area contributed by atoms with Gasteiger partial charge in [0.1, 0.15) is 28.9 Å². The molecule has 5 rings (SSSR count). The summed E-state index contributed by atoms with van der Waals surface area (Å²) in [7, 11) is 0. The van der Waals surface area contributed by atoms with Crippen LogP contribution in [0.2, 0.25) is 0 Å². The van der Waals surface area contributed by atoms with Gasteiger partial charge in [-0.15, -0.1) is 13.2 Å². The van der Waals surface area contributed by atoms with Gasteiger partial charge in [-0.25, -0.2) is 18.7 Å². The zero-order chi connectivity index (χ0) is 28.4. The molecule has 0 aliphatic carbocycles. The number of hydrogen-bond acceptors (Lipinski definition) is 7. The number of anilines is 2. The lowest BCUT2D eigenvalue weighted by atomic mass is 10.1. The largest absolute Gasteiger partial charge is 0.573 e. The maximum atomic E-state index is 14.8. The second-order valence-electron chi connectivity index (χ2n) is 8.58.